The lowest BCUT2D eigenvalue weighted by Gasteiger charge is -2.19. The Morgan fingerprint density at radius 3 is 1.06 bits per heavy atom. The third kappa shape index (κ3) is 33.5. The Kier molecular flexibility index (Phi) is 38.1. The van der Waals surface area contributed by atoms with Gasteiger partial charge >= 0.3 is 11.9 Å². The van der Waals surface area contributed by atoms with Crippen LogP contribution >= 0.6 is 0 Å². The van der Waals surface area contributed by atoms with E-state index in [1.165, 1.54) is 63.5 Å². The molecule has 0 fully saturated rings. The fourth-order valence-electron chi connectivity index (χ4n) is 8.79. The van der Waals surface area contributed by atoms with E-state index in [1.54, 1.807) is 7.11 Å². The molecule has 0 aliphatic heterocycles. The minimum absolute atomic E-state index is 0.227. The Labute approximate surface area is 474 Å². The summed E-state index contributed by atoms with van der Waals surface area (Å²) in [6, 6.07) is 7.52. The second-order valence-electron chi connectivity index (χ2n) is 21.5. The topological polar surface area (TPSA) is 98.8 Å². The molecule has 0 heterocycles. The number of ether oxygens (including phenoxy) is 7. The molecule has 9 nitrogen and oxygen atoms in total. The van der Waals surface area contributed by atoms with Gasteiger partial charge in [-0.1, -0.05) is 129 Å². The number of fused-ring (bicyclic) bond motifs is 1. The van der Waals surface area contributed by atoms with Crippen molar-refractivity contribution >= 4 is 22.7 Å². The molecule has 0 spiro atoms. The molecule has 0 aliphatic carbocycles. The molecule has 2 aromatic carbocycles. The number of esters is 2. The zero-order valence-corrected chi connectivity index (χ0v) is 51.1. The first-order valence-electron chi connectivity index (χ1n) is 29.1. The van der Waals surface area contributed by atoms with E-state index in [0.717, 1.165) is 107 Å². The van der Waals surface area contributed by atoms with Gasteiger partial charge in [-0.2, -0.15) is 0 Å². The highest BCUT2D eigenvalue weighted by Crippen LogP contribution is 2.41. The number of rotatable bonds is 42. The molecule has 0 bridgehead atoms. The molecule has 434 valence electrons. The summed E-state index contributed by atoms with van der Waals surface area (Å²) in [5.41, 5.74) is 14.5. The Morgan fingerprint density at radius 1 is 0.397 bits per heavy atom. The average Bonchev–Trinajstić information content (AvgIpc) is 3.52. The summed E-state index contributed by atoms with van der Waals surface area (Å²) >= 11 is 0. The van der Waals surface area contributed by atoms with Gasteiger partial charge in [0.2, 0.25) is 0 Å². The Balaban J connectivity index is 1.79. The van der Waals surface area contributed by atoms with Gasteiger partial charge in [-0.3, -0.25) is 4.79 Å². The lowest BCUT2D eigenvalue weighted by atomic mass is 9.95. The molecule has 0 radical (unpaired) electrons. The van der Waals surface area contributed by atoms with Crippen molar-refractivity contribution in [2.45, 2.75) is 192 Å². The van der Waals surface area contributed by atoms with Crippen LogP contribution in [0.3, 0.4) is 0 Å². The summed E-state index contributed by atoms with van der Waals surface area (Å²) in [4.78, 5) is 25.5. The van der Waals surface area contributed by atoms with Gasteiger partial charge in [0, 0.05) is 30.4 Å². The first-order chi connectivity index (χ1) is 37.5. The fourth-order valence-corrected chi connectivity index (χ4v) is 8.79. The number of hydrogen-bond donors (Lipinski definition) is 0. The van der Waals surface area contributed by atoms with Crippen LogP contribution in [-0.4, -0.2) is 78.5 Å². The third-order valence-corrected chi connectivity index (χ3v) is 13.7. The molecule has 0 atom stereocenters. The van der Waals surface area contributed by atoms with E-state index in [1.807, 2.05) is 31.2 Å². The first-order valence-corrected chi connectivity index (χ1v) is 29.1. The minimum Gasteiger partial charge on any atom is -0.426 e. The third-order valence-electron chi connectivity index (χ3n) is 13.7. The Hall–Kier alpha value is -4.90. The normalized spacial score (nSPS) is 13.4. The zero-order chi connectivity index (χ0) is 57.3. The van der Waals surface area contributed by atoms with Gasteiger partial charge in [-0.05, 0) is 191 Å². The molecule has 0 aromatic heterocycles. The lowest BCUT2D eigenvalue weighted by Crippen LogP contribution is -2.19. The van der Waals surface area contributed by atoms with E-state index < -0.39 is 11.9 Å². The molecule has 0 aliphatic rings. The van der Waals surface area contributed by atoms with Crippen molar-refractivity contribution in [3.05, 3.63) is 140 Å². The van der Waals surface area contributed by atoms with Crippen LogP contribution in [-0.2, 0) is 39.7 Å². The maximum absolute atomic E-state index is 13.2. The van der Waals surface area contributed by atoms with E-state index in [0.29, 0.717) is 74.9 Å². The average molecular weight is 1080 g/mol. The number of methoxy groups -OCH3 is 1. The van der Waals surface area contributed by atoms with Gasteiger partial charge in [0.25, 0.3) is 0 Å². The van der Waals surface area contributed by atoms with E-state index >= 15 is 0 Å². The molecule has 0 unspecified atom stereocenters. The van der Waals surface area contributed by atoms with E-state index in [-0.39, 0.29) is 13.2 Å². The van der Waals surface area contributed by atoms with Crippen LogP contribution in [0.2, 0.25) is 0 Å². The maximum atomic E-state index is 13.2. The standard InChI is InChI=1S/C69H104O9/c1-53(2)24-16-25-54(3)26-17-27-55(4)28-18-29-56(5)30-19-31-57(6)32-20-33-58(7)34-21-35-59(8)36-22-37-60(9)38-23-39-61(10)42-43-64-62(11)68(77-63(12)70)65-40-14-15-41-66(65)69(64)78-67(71)52-76-51-50-75-49-48-74-47-46-73-45-44-72-13/h14-15,24,26,28,30,32,34,36,38,40-42H,16-23,25,27,29,31,33,35,37,39,43-52H2,1-13H3/b54-26+,55-28+,56-30+,57-32+,58-34+,59-36+,60-38+,61-42+. The first kappa shape index (κ1) is 69.2. The van der Waals surface area contributed by atoms with Crippen LogP contribution in [0.25, 0.3) is 10.8 Å². The van der Waals surface area contributed by atoms with E-state index in [9.17, 15) is 9.59 Å². The highest BCUT2D eigenvalue weighted by Gasteiger charge is 2.22. The van der Waals surface area contributed by atoms with Crippen molar-refractivity contribution in [2.24, 2.45) is 0 Å². The number of hydrogen-bond acceptors (Lipinski definition) is 9. The van der Waals surface area contributed by atoms with Gasteiger partial charge in [0.05, 0.1) is 52.9 Å². The molecule has 0 N–H and O–H groups in total. The molecule has 2 rings (SSSR count). The van der Waals surface area contributed by atoms with Gasteiger partial charge < -0.3 is 33.2 Å². The van der Waals surface area contributed by atoms with Crippen LogP contribution < -0.4 is 9.47 Å². The predicted octanol–water partition coefficient (Wildman–Crippen LogP) is 18.0. The largest absolute Gasteiger partial charge is 0.426 e. The molecular formula is C69H104O9. The maximum Gasteiger partial charge on any atom is 0.337 e. The molecule has 0 saturated carbocycles. The summed E-state index contributed by atoms with van der Waals surface area (Å²) in [5, 5.41) is 1.39. The minimum atomic E-state index is -0.522. The van der Waals surface area contributed by atoms with Gasteiger partial charge in [-0.15, -0.1) is 0 Å². The molecule has 78 heavy (non-hydrogen) atoms. The van der Waals surface area contributed by atoms with Crippen LogP contribution in [0.1, 0.15) is 190 Å². The Bertz CT molecular complexity index is 2360. The molecule has 0 amide bonds. The molecule has 9 heteroatoms. The number of benzene rings is 2. The zero-order valence-electron chi connectivity index (χ0n) is 51.1. The van der Waals surface area contributed by atoms with Crippen LogP contribution in [0.5, 0.6) is 11.5 Å². The second kappa shape index (κ2) is 43.0. The number of allylic oxidation sites excluding steroid dienone is 18. The second-order valence-corrected chi connectivity index (χ2v) is 21.5. The van der Waals surface area contributed by atoms with E-state index in [4.69, 9.17) is 33.2 Å². The Morgan fingerprint density at radius 2 is 0.718 bits per heavy atom. The quantitative estimate of drug-likeness (QED) is 0.0279. The van der Waals surface area contributed by atoms with Gasteiger partial charge in [-0.25, -0.2) is 4.79 Å². The SMILES string of the molecule is COCCOCCOCCOCCOCC(=O)Oc1c(C/C=C(\C)CC/C=C(\C)CC/C=C(\C)CC/C=C(\C)CC/C=C(\C)CC/C=C(\C)CC/C=C(\C)CC/C=C(\C)CCC=C(C)C)c(C)c(OC(C)=O)c2ccccc12. The lowest BCUT2D eigenvalue weighted by molar-refractivity contribution is -0.140. The molecule has 2 aromatic rings. The highest BCUT2D eigenvalue weighted by molar-refractivity contribution is 5.98. The summed E-state index contributed by atoms with van der Waals surface area (Å²) in [6.45, 7) is 28.9. The summed E-state index contributed by atoms with van der Waals surface area (Å²) in [7, 11) is 1.64. The monoisotopic (exact) mass is 1080 g/mol. The number of carbonyl (C=O) groups excluding carboxylic acids is 2. The van der Waals surface area contributed by atoms with Crippen LogP contribution in [0.4, 0.5) is 0 Å². The number of carbonyl (C=O) groups is 2. The summed E-state index contributed by atoms with van der Waals surface area (Å²) < 4.78 is 38.8. The van der Waals surface area contributed by atoms with Crippen molar-refractivity contribution in [3.63, 3.8) is 0 Å². The van der Waals surface area contributed by atoms with Crippen molar-refractivity contribution in [3.8, 4) is 11.5 Å². The van der Waals surface area contributed by atoms with Crippen molar-refractivity contribution in [1.29, 1.82) is 0 Å². The molecular weight excluding hydrogens is 973 g/mol. The smallest absolute Gasteiger partial charge is 0.337 e. The van der Waals surface area contributed by atoms with E-state index in [2.05, 4.69) is 124 Å². The molecule has 0 saturated heterocycles. The van der Waals surface area contributed by atoms with Crippen LogP contribution in [0.15, 0.2) is 129 Å². The van der Waals surface area contributed by atoms with Gasteiger partial charge in [0.15, 0.2) is 0 Å². The van der Waals surface area contributed by atoms with Crippen molar-refractivity contribution in [2.75, 3.05) is 66.6 Å². The summed E-state index contributed by atoms with van der Waals surface area (Å²) in [5.74, 6) is -0.00889. The van der Waals surface area contributed by atoms with Gasteiger partial charge in [0.1, 0.15) is 18.1 Å². The van der Waals surface area contributed by atoms with Crippen LogP contribution in [0, 0.1) is 6.92 Å². The van der Waals surface area contributed by atoms with Crippen molar-refractivity contribution < 1.29 is 42.7 Å². The highest BCUT2D eigenvalue weighted by atomic mass is 16.6. The summed E-state index contributed by atoms with van der Waals surface area (Å²) in [6.07, 6.45) is 39.5. The predicted molar refractivity (Wildman–Crippen MR) is 328 cm³/mol. The fraction of sp³-hybridized carbons (Fsp3) is 0.565. The van der Waals surface area contributed by atoms with Crippen molar-refractivity contribution in [1.82, 2.24) is 0 Å².